The summed E-state index contributed by atoms with van der Waals surface area (Å²) in [6.45, 7) is 0. The molecule has 0 bridgehead atoms. The molecule has 0 aliphatic rings. The average molecular weight is 120 g/mol. The molecular weight excluding hydrogens is 119 g/mol. The Bertz CT molecular complexity index is 30.6. The van der Waals surface area contributed by atoms with E-state index in [1.807, 2.05) is 0 Å². The van der Waals surface area contributed by atoms with Gasteiger partial charge in [-0.25, -0.2) is 0 Å². The molecule has 26 valence electrons. The van der Waals surface area contributed by atoms with Crippen LogP contribution in [0.15, 0.2) is 0 Å². The molecule has 0 heterocycles. The van der Waals surface area contributed by atoms with E-state index in [4.69, 9.17) is 8.76 Å². The minimum absolute atomic E-state index is 0. The fourth-order valence-corrected chi connectivity index (χ4v) is 0. The van der Waals surface area contributed by atoms with Crippen LogP contribution >= 0.6 is 0 Å². The van der Waals surface area contributed by atoms with Gasteiger partial charge in [-0.2, -0.15) is 0 Å². The smallest absolute Gasteiger partial charge is 0.653 e. The zero-order valence-electron chi connectivity index (χ0n) is 2.67. The number of hydrogen-bond donors (Lipinski definition) is 1. The Hall–Kier alpha value is 1.46. The van der Waals surface area contributed by atoms with Gasteiger partial charge < -0.3 is 16.2 Å². The summed E-state index contributed by atoms with van der Waals surface area (Å²) in [5, 5.41) is 0. The topological polar surface area (TPSA) is 37.3 Å². The van der Waals surface area contributed by atoms with E-state index in [1.165, 1.54) is 0 Å². The van der Waals surface area contributed by atoms with Crippen molar-refractivity contribution in [1.82, 2.24) is 0 Å². The van der Waals surface area contributed by atoms with Crippen molar-refractivity contribution in [3.63, 3.8) is 0 Å². The van der Waals surface area contributed by atoms with Gasteiger partial charge in [-0.3, -0.25) is 4.21 Å². The zero-order chi connectivity index (χ0) is 3.58. The summed E-state index contributed by atoms with van der Waals surface area (Å²) in [4.78, 5) is 0. The molecule has 0 aliphatic heterocycles. The molecule has 0 aromatic rings. The van der Waals surface area contributed by atoms with Crippen LogP contribution in [0.4, 0.5) is 0 Å². The average Bonchev–Trinajstić information content (AvgIpc) is 0.811. The second-order valence-corrected chi connectivity index (χ2v) is 1.51. The molecule has 0 rings (SSSR count). The molecule has 0 fully saturated rings. The zero-order valence-corrected chi connectivity index (χ0v) is 6.30. The normalized spacial score (nSPS) is 12.4. The standard InChI is InChI=1S/Na.H2O2S2/c;1-4(2)3/h;(H2,1,2,3)/q+1;/p-1. The van der Waals surface area contributed by atoms with Crippen LogP contribution in [0, 0.1) is 0 Å². The van der Waals surface area contributed by atoms with Gasteiger partial charge in [-0.05, 0) is 0 Å². The summed E-state index contributed by atoms with van der Waals surface area (Å²) in [5.41, 5.74) is 0. The van der Waals surface area contributed by atoms with E-state index in [-0.39, 0.29) is 29.6 Å². The van der Waals surface area contributed by atoms with Gasteiger partial charge in [-0.15, -0.1) is 0 Å². The van der Waals surface area contributed by atoms with E-state index in [2.05, 4.69) is 11.7 Å². The van der Waals surface area contributed by atoms with Gasteiger partial charge in [-0.1, -0.05) is 0 Å². The van der Waals surface area contributed by atoms with E-state index >= 15 is 0 Å². The van der Waals surface area contributed by atoms with Gasteiger partial charge in [0.2, 0.25) is 0 Å². The van der Waals surface area contributed by atoms with Crippen LogP contribution in [0.3, 0.4) is 0 Å². The van der Waals surface area contributed by atoms with E-state index in [9.17, 15) is 0 Å². The Labute approximate surface area is 59.7 Å². The van der Waals surface area contributed by atoms with Crippen molar-refractivity contribution in [1.29, 1.82) is 0 Å². The van der Waals surface area contributed by atoms with Crippen molar-refractivity contribution in [2.45, 2.75) is 0 Å². The van der Waals surface area contributed by atoms with Crippen molar-refractivity contribution in [2.75, 3.05) is 0 Å². The molecular formula is HNaO2S2. The van der Waals surface area contributed by atoms with E-state index in [0.29, 0.717) is 0 Å². The Morgan fingerprint density at radius 2 is 1.80 bits per heavy atom. The fraction of sp³-hybridized carbons (Fsp3) is 0. The Morgan fingerprint density at radius 1 is 1.80 bits per heavy atom. The Kier molecular flexibility index (Phi) is 10.6. The second-order valence-electron chi connectivity index (χ2n) is 0.217. The summed E-state index contributed by atoms with van der Waals surface area (Å²) in [7, 11) is -2.03. The summed E-state index contributed by atoms with van der Waals surface area (Å²) in [6, 6.07) is 0. The second kappa shape index (κ2) is 5.46. The van der Waals surface area contributed by atoms with Gasteiger partial charge >= 0.3 is 29.6 Å². The first-order valence-corrected chi connectivity index (χ1v) is 2.55. The predicted octanol–water partition coefficient (Wildman–Crippen LogP) is -3.33. The van der Waals surface area contributed by atoms with Crippen molar-refractivity contribution < 1.29 is 38.3 Å². The van der Waals surface area contributed by atoms with E-state index < -0.39 is 10.1 Å². The van der Waals surface area contributed by atoms with Crippen molar-refractivity contribution >= 4 is 21.8 Å². The third kappa shape index (κ3) is 30.7. The van der Waals surface area contributed by atoms with Gasteiger partial charge in [0.1, 0.15) is 0 Å². The maximum Gasteiger partial charge on any atom is 1.00 e. The predicted molar refractivity (Wildman–Crippen MR) is 18.1 cm³/mol. The van der Waals surface area contributed by atoms with Gasteiger partial charge in [0.05, 0.1) is 0 Å². The first-order chi connectivity index (χ1) is 1.73. The van der Waals surface area contributed by atoms with Gasteiger partial charge in [0.25, 0.3) is 0 Å². The maximum absolute atomic E-state index is 8.93. The molecule has 5 heteroatoms. The van der Waals surface area contributed by atoms with Crippen LogP contribution < -0.4 is 29.6 Å². The van der Waals surface area contributed by atoms with Crippen LogP contribution in [0.5, 0.6) is 0 Å². The van der Waals surface area contributed by atoms with Crippen molar-refractivity contribution in [3.05, 3.63) is 0 Å². The third-order valence-electron chi connectivity index (χ3n) is 0. The molecule has 0 aromatic carbocycles. The first-order valence-electron chi connectivity index (χ1n) is 0.516. The molecule has 0 saturated carbocycles. The van der Waals surface area contributed by atoms with Crippen LogP contribution in [0.25, 0.3) is 0 Å². The molecule has 0 aliphatic carbocycles. The Morgan fingerprint density at radius 3 is 1.80 bits per heavy atom. The minimum Gasteiger partial charge on any atom is -0.653 e. The third-order valence-corrected chi connectivity index (χ3v) is 0. The summed E-state index contributed by atoms with van der Waals surface area (Å²) in [6.07, 6.45) is 0. The quantitative estimate of drug-likeness (QED) is 0.157. The van der Waals surface area contributed by atoms with Crippen molar-refractivity contribution in [3.8, 4) is 0 Å². The largest absolute Gasteiger partial charge is 1.00 e. The summed E-state index contributed by atoms with van der Waals surface area (Å²) < 4.78 is 16.3. The van der Waals surface area contributed by atoms with Crippen LogP contribution in [-0.4, -0.2) is 8.76 Å². The van der Waals surface area contributed by atoms with Crippen LogP contribution in [0.2, 0.25) is 0 Å². The molecule has 1 N–H and O–H groups in total. The molecule has 5 heavy (non-hydrogen) atoms. The molecule has 2 nitrogen and oxygen atoms in total. The summed E-state index contributed by atoms with van der Waals surface area (Å²) in [5.74, 6) is 0. The van der Waals surface area contributed by atoms with E-state index in [1.54, 1.807) is 0 Å². The van der Waals surface area contributed by atoms with Gasteiger partial charge in [0.15, 0.2) is 0 Å². The van der Waals surface area contributed by atoms with Crippen LogP contribution in [0.1, 0.15) is 0 Å². The molecule has 0 saturated heterocycles. The SMILES string of the molecule is O=S(O)[S-].[Na+]. The number of rotatable bonds is 0. The molecule has 1 unspecified atom stereocenters. The van der Waals surface area contributed by atoms with E-state index in [0.717, 1.165) is 0 Å². The summed E-state index contributed by atoms with van der Waals surface area (Å²) >= 11 is 3.65. The first kappa shape index (κ1) is 9.68. The molecule has 0 aromatic heterocycles. The Balaban J connectivity index is 0. The minimum atomic E-state index is -2.03. The monoisotopic (exact) mass is 120 g/mol. The van der Waals surface area contributed by atoms with Gasteiger partial charge in [0, 0.05) is 10.1 Å². The molecule has 1 atom stereocenters. The maximum atomic E-state index is 8.93. The van der Waals surface area contributed by atoms with Crippen molar-refractivity contribution in [2.24, 2.45) is 0 Å². The molecule has 0 amide bonds. The van der Waals surface area contributed by atoms with Crippen LogP contribution in [-0.2, 0) is 21.8 Å². The molecule has 0 spiro atoms. The fourth-order valence-electron chi connectivity index (χ4n) is 0. The number of hydrogen-bond acceptors (Lipinski definition) is 2. The molecule has 0 radical (unpaired) electrons.